The maximum Gasteiger partial charge on any atom is 0.320 e. The van der Waals surface area contributed by atoms with Gasteiger partial charge in [0.2, 0.25) is 0 Å². The minimum Gasteiger partial charge on any atom is -0.480 e. The summed E-state index contributed by atoms with van der Waals surface area (Å²) in [4.78, 5) is 13.2. The smallest absolute Gasteiger partial charge is 0.320 e. The van der Waals surface area contributed by atoms with Crippen LogP contribution in [0.2, 0.25) is 0 Å². The van der Waals surface area contributed by atoms with Crippen molar-refractivity contribution in [3.8, 4) is 0 Å². The van der Waals surface area contributed by atoms with Crippen molar-refractivity contribution in [3.63, 3.8) is 0 Å². The first-order chi connectivity index (χ1) is 7.75. The Labute approximate surface area is 97.3 Å². The van der Waals surface area contributed by atoms with Gasteiger partial charge in [-0.1, -0.05) is 12.8 Å². The maximum atomic E-state index is 11.1. The second kappa shape index (κ2) is 7.63. The summed E-state index contributed by atoms with van der Waals surface area (Å²) >= 11 is 0. The molecule has 1 fully saturated rings. The average Bonchev–Trinajstić information content (AvgIpc) is 2.49. The van der Waals surface area contributed by atoms with Crippen molar-refractivity contribution in [1.82, 2.24) is 4.90 Å². The Balaban J connectivity index is 2.35. The molecular formula is C12H23NO3. The lowest BCUT2D eigenvalue weighted by atomic mass is 10.1. The van der Waals surface area contributed by atoms with Gasteiger partial charge in [-0.2, -0.15) is 0 Å². The summed E-state index contributed by atoms with van der Waals surface area (Å²) in [6.07, 6.45) is 6.88. The molecule has 0 radical (unpaired) electrons. The highest BCUT2D eigenvalue weighted by molar-refractivity contribution is 5.73. The second-order valence-electron chi connectivity index (χ2n) is 4.52. The molecule has 1 saturated heterocycles. The van der Waals surface area contributed by atoms with Crippen LogP contribution in [-0.4, -0.2) is 46.8 Å². The first-order valence-corrected chi connectivity index (χ1v) is 6.33. The zero-order valence-electron chi connectivity index (χ0n) is 9.90. The zero-order valence-corrected chi connectivity index (χ0v) is 9.90. The van der Waals surface area contributed by atoms with Crippen LogP contribution in [0.3, 0.4) is 0 Å². The molecule has 0 amide bonds. The Morgan fingerprint density at radius 1 is 1.19 bits per heavy atom. The number of likely N-dealkylation sites (tertiary alicyclic amines) is 1. The molecule has 1 heterocycles. The average molecular weight is 229 g/mol. The minimum absolute atomic E-state index is 0.238. The van der Waals surface area contributed by atoms with E-state index >= 15 is 0 Å². The van der Waals surface area contributed by atoms with Gasteiger partial charge >= 0.3 is 5.97 Å². The molecule has 0 aromatic carbocycles. The number of unbranched alkanes of at least 4 members (excludes halogenated alkanes) is 2. The fourth-order valence-corrected chi connectivity index (χ4v) is 2.32. The predicted molar refractivity (Wildman–Crippen MR) is 62.4 cm³/mol. The van der Waals surface area contributed by atoms with Crippen molar-refractivity contribution < 1.29 is 15.0 Å². The largest absolute Gasteiger partial charge is 0.480 e. The Hall–Kier alpha value is -0.610. The molecule has 4 nitrogen and oxygen atoms in total. The number of hydrogen-bond acceptors (Lipinski definition) is 3. The van der Waals surface area contributed by atoms with E-state index in [-0.39, 0.29) is 12.6 Å². The van der Waals surface area contributed by atoms with Crippen LogP contribution >= 0.6 is 0 Å². The van der Waals surface area contributed by atoms with Gasteiger partial charge in [0.1, 0.15) is 6.04 Å². The molecular weight excluding hydrogens is 206 g/mol. The molecule has 4 heteroatoms. The first kappa shape index (κ1) is 13.5. The summed E-state index contributed by atoms with van der Waals surface area (Å²) in [5, 5.41) is 17.8. The molecule has 16 heavy (non-hydrogen) atoms. The van der Waals surface area contributed by atoms with Gasteiger partial charge in [-0.15, -0.1) is 0 Å². The highest BCUT2D eigenvalue weighted by Crippen LogP contribution is 2.17. The summed E-state index contributed by atoms with van der Waals surface area (Å²) in [5.41, 5.74) is 0. The van der Waals surface area contributed by atoms with Crippen LogP contribution in [0.1, 0.15) is 44.9 Å². The quantitative estimate of drug-likeness (QED) is 0.677. The predicted octanol–water partition coefficient (Wildman–Crippen LogP) is 1.48. The highest BCUT2D eigenvalue weighted by Gasteiger charge is 2.26. The van der Waals surface area contributed by atoms with Crippen molar-refractivity contribution in [2.75, 3.05) is 19.7 Å². The van der Waals surface area contributed by atoms with E-state index in [4.69, 9.17) is 10.2 Å². The van der Waals surface area contributed by atoms with E-state index in [2.05, 4.69) is 4.90 Å². The summed E-state index contributed by atoms with van der Waals surface area (Å²) in [5.74, 6) is -0.677. The molecule has 1 aliphatic rings. The number of carbonyl (C=O) groups is 1. The van der Waals surface area contributed by atoms with Crippen LogP contribution < -0.4 is 0 Å². The van der Waals surface area contributed by atoms with Crippen LogP contribution in [0.4, 0.5) is 0 Å². The van der Waals surface area contributed by atoms with Crippen molar-refractivity contribution in [1.29, 1.82) is 0 Å². The molecule has 0 aromatic rings. The molecule has 1 atom stereocenters. The normalized spacial score (nSPS) is 22.9. The van der Waals surface area contributed by atoms with Gasteiger partial charge in [-0.05, 0) is 45.2 Å². The molecule has 0 spiro atoms. The van der Waals surface area contributed by atoms with Crippen LogP contribution in [0.15, 0.2) is 0 Å². The SMILES string of the molecule is O=C(O)C1CCCCCN1CCCCCO. The summed E-state index contributed by atoms with van der Waals surface area (Å²) in [7, 11) is 0. The monoisotopic (exact) mass is 229 g/mol. The number of rotatable bonds is 6. The van der Waals surface area contributed by atoms with E-state index in [1.54, 1.807) is 0 Å². The van der Waals surface area contributed by atoms with Crippen molar-refractivity contribution >= 4 is 5.97 Å². The summed E-state index contributed by atoms with van der Waals surface area (Å²) in [6.45, 7) is 2.01. The molecule has 2 N–H and O–H groups in total. The highest BCUT2D eigenvalue weighted by atomic mass is 16.4. The number of aliphatic hydroxyl groups excluding tert-OH is 1. The van der Waals surface area contributed by atoms with Gasteiger partial charge in [0, 0.05) is 6.61 Å². The van der Waals surface area contributed by atoms with E-state index in [0.717, 1.165) is 58.0 Å². The Morgan fingerprint density at radius 3 is 2.69 bits per heavy atom. The third-order valence-corrected chi connectivity index (χ3v) is 3.25. The lowest BCUT2D eigenvalue weighted by molar-refractivity contribution is -0.143. The molecule has 0 aromatic heterocycles. The maximum absolute atomic E-state index is 11.1. The number of aliphatic hydroxyl groups is 1. The van der Waals surface area contributed by atoms with Crippen molar-refractivity contribution in [2.45, 2.75) is 51.0 Å². The van der Waals surface area contributed by atoms with E-state index in [9.17, 15) is 4.79 Å². The van der Waals surface area contributed by atoms with Gasteiger partial charge in [0.25, 0.3) is 0 Å². The van der Waals surface area contributed by atoms with Gasteiger partial charge in [-0.3, -0.25) is 9.69 Å². The molecule has 94 valence electrons. The topological polar surface area (TPSA) is 60.8 Å². The molecule has 1 unspecified atom stereocenters. The van der Waals surface area contributed by atoms with Gasteiger partial charge in [-0.25, -0.2) is 0 Å². The van der Waals surface area contributed by atoms with Gasteiger partial charge in [0.05, 0.1) is 0 Å². The van der Waals surface area contributed by atoms with Crippen LogP contribution in [0, 0.1) is 0 Å². The number of carboxylic acids is 1. The summed E-state index contributed by atoms with van der Waals surface area (Å²) < 4.78 is 0. The fourth-order valence-electron chi connectivity index (χ4n) is 2.32. The zero-order chi connectivity index (χ0) is 11.8. The Morgan fingerprint density at radius 2 is 2.00 bits per heavy atom. The fraction of sp³-hybridized carbons (Fsp3) is 0.917. The van der Waals surface area contributed by atoms with Crippen molar-refractivity contribution in [2.24, 2.45) is 0 Å². The number of nitrogens with zero attached hydrogens (tertiary/aromatic N) is 1. The van der Waals surface area contributed by atoms with Crippen molar-refractivity contribution in [3.05, 3.63) is 0 Å². The standard InChI is InChI=1S/C12H23NO3/c14-10-6-2-5-9-13-8-4-1-3-7-11(13)12(15)16/h11,14H,1-10H2,(H,15,16). The second-order valence-corrected chi connectivity index (χ2v) is 4.52. The molecule has 1 rings (SSSR count). The molecule has 0 aliphatic carbocycles. The molecule has 1 aliphatic heterocycles. The number of carboxylic acid groups (broad SMARTS) is 1. The third-order valence-electron chi connectivity index (χ3n) is 3.25. The number of hydrogen-bond donors (Lipinski definition) is 2. The van der Waals surface area contributed by atoms with Crippen LogP contribution in [0.25, 0.3) is 0 Å². The third kappa shape index (κ3) is 4.49. The molecule has 0 saturated carbocycles. The van der Waals surface area contributed by atoms with Crippen LogP contribution in [0.5, 0.6) is 0 Å². The Bertz CT molecular complexity index is 208. The first-order valence-electron chi connectivity index (χ1n) is 6.33. The Kier molecular flexibility index (Phi) is 6.42. The van der Waals surface area contributed by atoms with Crippen LogP contribution in [-0.2, 0) is 4.79 Å². The lowest BCUT2D eigenvalue weighted by Crippen LogP contribution is -2.41. The minimum atomic E-state index is -0.677. The van der Waals surface area contributed by atoms with E-state index in [1.165, 1.54) is 0 Å². The van der Waals surface area contributed by atoms with Gasteiger partial charge < -0.3 is 10.2 Å². The lowest BCUT2D eigenvalue weighted by Gasteiger charge is -2.26. The number of aliphatic carboxylic acids is 1. The van der Waals surface area contributed by atoms with E-state index in [1.807, 2.05) is 0 Å². The molecule has 0 bridgehead atoms. The van der Waals surface area contributed by atoms with E-state index < -0.39 is 5.97 Å². The summed E-state index contributed by atoms with van der Waals surface area (Å²) in [6, 6.07) is -0.281. The van der Waals surface area contributed by atoms with E-state index in [0.29, 0.717) is 0 Å². The van der Waals surface area contributed by atoms with Gasteiger partial charge in [0.15, 0.2) is 0 Å².